The fourth-order valence-electron chi connectivity index (χ4n) is 1.44. The van der Waals surface area contributed by atoms with Gasteiger partial charge in [0.1, 0.15) is 11.6 Å². The van der Waals surface area contributed by atoms with Crippen molar-refractivity contribution >= 4 is 17.4 Å². The van der Waals surface area contributed by atoms with Crippen LogP contribution in [0.25, 0.3) is 11.3 Å². The molecule has 1 aromatic heterocycles. The van der Waals surface area contributed by atoms with Gasteiger partial charge in [-0.15, -0.1) is 0 Å². The fraction of sp³-hybridized carbons (Fsp3) is 0.100. The van der Waals surface area contributed by atoms with Crippen molar-refractivity contribution in [2.24, 2.45) is 7.05 Å². The highest BCUT2D eigenvalue weighted by Crippen LogP contribution is 2.26. The van der Waals surface area contributed by atoms with Crippen LogP contribution in [0, 0.1) is 5.82 Å². The van der Waals surface area contributed by atoms with Gasteiger partial charge in [0.05, 0.1) is 5.69 Å². The summed E-state index contributed by atoms with van der Waals surface area (Å²) in [6.07, 6.45) is 0. The summed E-state index contributed by atoms with van der Waals surface area (Å²) in [6.45, 7) is 0. The third kappa shape index (κ3) is 1.80. The Morgan fingerprint density at radius 1 is 1.40 bits per heavy atom. The summed E-state index contributed by atoms with van der Waals surface area (Å²) in [4.78, 5) is 0. The predicted molar refractivity (Wildman–Crippen MR) is 58.0 cm³/mol. The fourth-order valence-corrected chi connectivity index (χ4v) is 1.61. The topological polar surface area (TPSA) is 43.8 Å². The van der Waals surface area contributed by atoms with Crippen LogP contribution in [0.15, 0.2) is 24.3 Å². The highest BCUT2D eigenvalue weighted by atomic mass is 35.5. The van der Waals surface area contributed by atoms with Gasteiger partial charge in [0.2, 0.25) is 0 Å². The quantitative estimate of drug-likeness (QED) is 0.810. The average Bonchev–Trinajstić information content (AvgIpc) is 2.50. The van der Waals surface area contributed by atoms with Crippen LogP contribution in [0.3, 0.4) is 0 Å². The number of hydrogen-bond donors (Lipinski definition) is 1. The SMILES string of the molecule is Cn1nc(N)cc1-c1cc(Cl)ccc1F. The molecule has 0 spiro atoms. The van der Waals surface area contributed by atoms with Gasteiger partial charge in [-0.3, -0.25) is 4.68 Å². The van der Waals surface area contributed by atoms with E-state index in [0.717, 1.165) is 0 Å². The number of halogens is 2. The molecule has 0 atom stereocenters. The maximum Gasteiger partial charge on any atom is 0.146 e. The lowest BCUT2D eigenvalue weighted by Gasteiger charge is -2.03. The Balaban J connectivity index is 2.62. The lowest BCUT2D eigenvalue weighted by atomic mass is 10.1. The van der Waals surface area contributed by atoms with Crippen LogP contribution in [0.5, 0.6) is 0 Å². The third-order valence-electron chi connectivity index (χ3n) is 2.10. The molecule has 0 aliphatic carbocycles. The van der Waals surface area contributed by atoms with Gasteiger partial charge in [-0.25, -0.2) is 4.39 Å². The first-order chi connectivity index (χ1) is 7.08. The van der Waals surface area contributed by atoms with Crippen LogP contribution in [0.2, 0.25) is 5.02 Å². The molecule has 1 heterocycles. The summed E-state index contributed by atoms with van der Waals surface area (Å²) >= 11 is 5.80. The largest absolute Gasteiger partial charge is 0.382 e. The van der Waals surface area contributed by atoms with Gasteiger partial charge in [-0.1, -0.05) is 11.6 Å². The second-order valence-corrected chi connectivity index (χ2v) is 3.64. The number of nitrogen functional groups attached to an aromatic ring is 1. The van der Waals surface area contributed by atoms with Crippen LogP contribution in [0.1, 0.15) is 0 Å². The Morgan fingerprint density at radius 3 is 2.73 bits per heavy atom. The minimum absolute atomic E-state index is 0.345. The van der Waals surface area contributed by atoms with Gasteiger partial charge < -0.3 is 5.73 Å². The first kappa shape index (κ1) is 9.98. The first-order valence-electron chi connectivity index (χ1n) is 4.33. The van der Waals surface area contributed by atoms with E-state index >= 15 is 0 Å². The van der Waals surface area contributed by atoms with Crippen LogP contribution in [-0.4, -0.2) is 9.78 Å². The molecule has 15 heavy (non-hydrogen) atoms. The predicted octanol–water partition coefficient (Wildman–Crippen LogP) is 2.46. The zero-order valence-electron chi connectivity index (χ0n) is 8.04. The zero-order valence-corrected chi connectivity index (χ0v) is 8.79. The third-order valence-corrected chi connectivity index (χ3v) is 2.34. The number of nitrogens with zero attached hydrogens (tertiary/aromatic N) is 2. The van der Waals surface area contributed by atoms with Crippen molar-refractivity contribution in [1.29, 1.82) is 0 Å². The molecule has 1 aromatic carbocycles. The summed E-state index contributed by atoms with van der Waals surface area (Å²) in [5.41, 5.74) is 6.52. The zero-order chi connectivity index (χ0) is 11.0. The van der Waals surface area contributed by atoms with Crippen molar-refractivity contribution in [3.8, 4) is 11.3 Å². The van der Waals surface area contributed by atoms with Crippen molar-refractivity contribution in [1.82, 2.24) is 9.78 Å². The molecule has 0 saturated carbocycles. The molecule has 5 heteroatoms. The van der Waals surface area contributed by atoms with Crippen LogP contribution in [-0.2, 0) is 7.05 Å². The Morgan fingerprint density at radius 2 is 2.13 bits per heavy atom. The van der Waals surface area contributed by atoms with E-state index in [1.807, 2.05) is 0 Å². The van der Waals surface area contributed by atoms with Crippen LogP contribution < -0.4 is 5.73 Å². The van der Waals surface area contributed by atoms with Crippen LogP contribution in [0.4, 0.5) is 10.2 Å². The maximum absolute atomic E-state index is 13.5. The van der Waals surface area contributed by atoms with E-state index in [-0.39, 0.29) is 5.82 Å². The summed E-state index contributed by atoms with van der Waals surface area (Å²) < 4.78 is 15.0. The molecule has 0 fully saturated rings. The molecule has 78 valence electrons. The van der Waals surface area contributed by atoms with Gasteiger partial charge >= 0.3 is 0 Å². The molecule has 2 rings (SSSR count). The van der Waals surface area contributed by atoms with E-state index in [2.05, 4.69) is 5.10 Å². The van der Waals surface area contributed by atoms with Gasteiger partial charge in [0.25, 0.3) is 0 Å². The van der Waals surface area contributed by atoms with Crippen molar-refractivity contribution < 1.29 is 4.39 Å². The highest BCUT2D eigenvalue weighted by molar-refractivity contribution is 6.30. The monoisotopic (exact) mass is 225 g/mol. The van der Waals surface area contributed by atoms with Gasteiger partial charge in [0.15, 0.2) is 0 Å². The summed E-state index contributed by atoms with van der Waals surface area (Å²) in [5.74, 6) is 0.00859. The van der Waals surface area contributed by atoms with E-state index in [4.69, 9.17) is 17.3 Å². The minimum Gasteiger partial charge on any atom is -0.382 e. The average molecular weight is 226 g/mol. The standard InChI is InChI=1S/C10H9ClFN3/c1-15-9(5-10(13)14-15)7-4-6(11)2-3-8(7)12/h2-5H,1H3,(H2,13,14). The number of nitrogens with two attached hydrogens (primary N) is 1. The van der Waals surface area contributed by atoms with Crippen molar-refractivity contribution in [3.05, 3.63) is 35.1 Å². The molecule has 0 unspecified atom stereocenters. The molecule has 0 bridgehead atoms. The first-order valence-corrected chi connectivity index (χ1v) is 4.70. The van der Waals surface area contributed by atoms with Gasteiger partial charge in [-0.05, 0) is 18.2 Å². The molecule has 2 N–H and O–H groups in total. The molecule has 0 aliphatic heterocycles. The van der Waals surface area contributed by atoms with E-state index in [1.54, 1.807) is 19.2 Å². The summed E-state index contributed by atoms with van der Waals surface area (Å²) in [6, 6.07) is 5.98. The van der Waals surface area contributed by atoms with Crippen molar-refractivity contribution in [3.63, 3.8) is 0 Å². The maximum atomic E-state index is 13.5. The molecule has 0 aliphatic rings. The van der Waals surface area contributed by atoms with E-state index in [9.17, 15) is 4.39 Å². The Kier molecular flexibility index (Phi) is 2.36. The smallest absolute Gasteiger partial charge is 0.146 e. The Hall–Kier alpha value is -1.55. The van der Waals surface area contributed by atoms with Crippen LogP contribution >= 0.6 is 11.6 Å². The number of hydrogen-bond acceptors (Lipinski definition) is 2. The molecule has 2 aromatic rings. The molecular weight excluding hydrogens is 217 g/mol. The van der Waals surface area contributed by atoms with E-state index in [1.165, 1.54) is 16.8 Å². The van der Waals surface area contributed by atoms with Crippen molar-refractivity contribution in [2.45, 2.75) is 0 Å². The number of aryl methyl sites for hydroxylation is 1. The van der Waals surface area contributed by atoms with Gasteiger partial charge in [-0.2, -0.15) is 5.10 Å². The lowest BCUT2D eigenvalue weighted by Crippen LogP contribution is -1.96. The Labute approximate surface area is 91.3 Å². The van der Waals surface area contributed by atoms with E-state index in [0.29, 0.717) is 22.1 Å². The normalized spacial score (nSPS) is 10.6. The van der Waals surface area contributed by atoms with Gasteiger partial charge in [0, 0.05) is 23.7 Å². The number of aromatic nitrogens is 2. The molecule has 3 nitrogen and oxygen atoms in total. The lowest BCUT2D eigenvalue weighted by molar-refractivity contribution is 0.628. The number of benzene rings is 1. The Bertz CT molecular complexity index is 507. The molecule has 0 saturated heterocycles. The summed E-state index contributed by atoms with van der Waals surface area (Å²) in [5, 5.41) is 4.42. The van der Waals surface area contributed by atoms with Crippen molar-refractivity contribution in [2.75, 3.05) is 5.73 Å². The second kappa shape index (κ2) is 3.55. The number of anilines is 1. The molecule has 0 amide bonds. The minimum atomic E-state index is -0.345. The highest BCUT2D eigenvalue weighted by Gasteiger charge is 2.10. The number of rotatable bonds is 1. The summed E-state index contributed by atoms with van der Waals surface area (Å²) in [7, 11) is 1.70. The molecule has 0 radical (unpaired) electrons. The van der Waals surface area contributed by atoms with E-state index < -0.39 is 0 Å². The molecular formula is C10H9ClFN3. The second-order valence-electron chi connectivity index (χ2n) is 3.20.